The third kappa shape index (κ3) is 6.02. The van der Waals surface area contributed by atoms with Crippen molar-refractivity contribution in [3.63, 3.8) is 0 Å². The molecule has 0 saturated carbocycles. The molecular formula is C13H25N3O3. The van der Waals surface area contributed by atoms with Crippen LogP contribution in [0.5, 0.6) is 0 Å². The average molecular weight is 271 g/mol. The van der Waals surface area contributed by atoms with Gasteiger partial charge in [0.2, 0.25) is 5.91 Å². The number of likely N-dealkylation sites (tertiary alicyclic amines) is 1. The highest BCUT2D eigenvalue weighted by atomic mass is 16.4. The largest absolute Gasteiger partial charge is 0.481 e. The Balaban J connectivity index is 2.24. The molecule has 0 aromatic carbocycles. The van der Waals surface area contributed by atoms with E-state index < -0.39 is 12.0 Å². The molecule has 0 bridgehead atoms. The fourth-order valence-corrected chi connectivity index (χ4v) is 2.27. The minimum absolute atomic E-state index is 0.130. The molecule has 0 aromatic heterocycles. The molecule has 0 radical (unpaired) electrons. The smallest absolute Gasteiger partial charge is 0.305 e. The lowest BCUT2D eigenvalue weighted by Gasteiger charge is -2.32. The molecule has 19 heavy (non-hydrogen) atoms. The van der Waals surface area contributed by atoms with Crippen LogP contribution in [0.1, 0.15) is 39.0 Å². The summed E-state index contributed by atoms with van der Waals surface area (Å²) in [6, 6.07) is -0.819. The molecule has 0 aromatic rings. The summed E-state index contributed by atoms with van der Waals surface area (Å²) in [6.45, 7) is 5.27. The molecule has 0 aliphatic carbocycles. The van der Waals surface area contributed by atoms with Crippen LogP contribution in [-0.2, 0) is 9.59 Å². The summed E-state index contributed by atoms with van der Waals surface area (Å²) >= 11 is 0. The average Bonchev–Trinajstić information content (AvgIpc) is 2.37. The Labute approximate surface area is 114 Å². The molecule has 1 aliphatic rings. The van der Waals surface area contributed by atoms with Crippen molar-refractivity contribution >= 4 is 11.9 Å². The van der Waals surface area contributed by atoms with E-state index in [1.807, 2.05) is 0 Å². The summed E-state index contributed by atoms with van der Waals surface area (Å²) in [7, 11) is 0. The van der Waals surface area contributed by atoms with Crippen LogP contribution in [-0.4, -0.2) is 53.6 Å². The number of amides is 1. The van der Waals surface area contributed by atoms with Gasteiger partial charge < -0.3 is 21.1 Å². The standard InChI is InChI=1S/C13H25N3O3/c1-2-3-6-16-7-4-10(5-8-16)15-13(19)11(14)9-12(17)18/h10-11H,2-9,14H2,1H3,(H,15,19)(H,17,18). The number of carboxylic acid groups (broad SMARTS) is 1. The third-order valence-corrected chi connectivity index (χ3v) is 3.49. The van der Waals surface area contributed by atoms with Crippen LogP contribution >= 0.6 is 0 Å². The summed E-state index contributed by atoms with van der Waals surface area (Å²) in [6.07, 6.45) is 3.91. The second kappa shape index (κ2) is 8.12. The molecule has 110 valence electrons. The first kappa shape index (κ1) is 15.9. The van der Waals surface area contributed by atoms with E-state index in [1.165, 1.54) is 12.8 Å². The maximum absolute atomic E-state index is 11.7. The van der Waals surface area contributed by atoms with Crippen molar-refractivity contribution in [2.24, 2.45) is 5.73 Å². The van der Waals surface area contributed by atoms with E-state index in [-0.39, 0.29) is 18.4 Å². The Morgan fingerprint density at radius 2 is 2.05 bits per heavy atom. The van der Waals surface area contributed by atoms with Gasteiger partial charge in [-0.05, 0) is 25.8 Å². The van der Waals surface area contributed by atoms with Gasteiger partial charge in [0, 0.05) is 19.1 Å². The number of hydrogen-bond acceptors (Lipinski definition) is 4. The fraction of sp³-hybridized carbons (Fsp3) is 0.846. The predicted octanol–water partition coefficient (Wildman–Crippen LogP) is 0.169. The number of nitrogens with one attached hydrogen (secondary N) is 1. The van der Waals surface area contributed by atoms with E-state index in [1.54, 1.807) is 0 Å². The number of hydrogen-bond donors (Lipinski definition) is 3. The van der Waals surface area contributed by atoms with E-state index in [2.05, 4.69) is 17.1 Å². The summed E-state index contributed by atoms with van der Waals surface area (Å²) < 4.78 is 0. The minimum atomic E-state index is -1.04. The van der Waals surface area contributed by atoms with Crippen molar-refractivity contribution in [2.75, 3.05) is 19.6 Å². The maximum atomic E-state index is 11.7. The maximum Gasteiger partial charge on any atom is 0.305 e. The molecule has 6 nitrogen and oxygen atoms in total. The van der Waals surface area contributed by atoms with Crippen molar-refractivity contribution in [1.82, 2.24) is 10.2 Å². The van der Waals surface area contributed by atoms with Crippen LogP contribution in [0.4, 0.5) is 0 Å². The highest BCUT2D eigenvalue weighted by Gasteiger charge is 2.23. The van der Waals surface area contributed by atoms with Gasteiger partial charge in [-0.2, -0.15) is 0 Å². The van der Waals surface area contributed by atoms with E-state index in [4.69, 9.17) is 10.8 Å². The van der Waals surface area contributed by atoms with Gasteiger partial charge in [-0.1, -0.05) is 13.3 Å². The topological polar surface area (TPSA) is 95.7 Å². The van der Waals surface area contributed by atoms with Gasteiger partial charge in [-0.3, -0.25) is 9.59 Å². The molecule has 6 heteroatoms. The Hall–Kier alpha value is -1.14. The van der Waals surface area contributed by atoms with E-state index in [0.29, 0.717) is 0 Å². The highest BCUT2D eigenvalue weighted by molar-refractivity contribution is 5.86. The second-order valence-corrected chi connectivity index (χ2v) is 5.18. The van der Waals surface area contributed by atoms with E-state index >= 15 is 0 Å². The van der Waals surface area contributed by atoms with Crippen LogP contribution in [0.2, 0.25) is 0 Å². The summed E-state index contributed by atoms with van der Waals surface area (Å²) in [5.41, 5.74) is 5.53. The summed E-state index contributed by atoms with van der Waals surface area (Å²) in [5.74, 6) is -1.40. The molecule has 1 rings (SSSR count). The lowest BCUT2D eigenvalue weighted by molar-refractivity contribution is -0.139. The van der Waals surface area contributed by atoms with E-state index in [9.17, 15) is 9.59 Å². The second-order valence-electron chi connectivity index (χ2n) is 5.18. The molecule has 0 spiro atoms. The quantitative estimate of drug-likeness (QED) is 0.613. The number of rotatable bonds is 7. The van der Waals surface area contributed by atoms with Crippen LogP contribution < -0.4 is 11.1 Å². The van der Waals surface area contributed by atoms with E-state index in [0.717, 1.165) is 32.5 Å². The minimum Gasteiger partial charge on any atom is -0.481 e. The molecular weight excluding hydrogens is 246 g/mol. The summed E-state index contributed by atoms with van der Waals surface area (Å²) in [4.78, 5) is 24.6. The monoisotopic (exact) mass is 271 g/mol. The van der Waals surface area contributed by atoms with Gasteiger partial charge in [0.15, 0.2) is 0 Å². The Bertz CT molecular complexity index is 302. The number of nitrogens with two attached hydrogens (primary N) is 1. The fourth-order valence-electron chi connectivity index (χ4n) is 2.27. The Kier molecular flexibility index (Phi) is 6.80. The zero-order valence-electron chi connectivity index (χ0n) is 11.6. The van der Waals surface area contributed by atoms with Crippen LogP contribution in [0.15, 0.2) is 0 Å². The van der Waals surface area contributed by atoms with Gasteiger partial charge in [0.25, 0.3) is 0 Å². The predicted molar refractivity (Wildman–Crippen MR) is 72.7 cm³/mol. The van der Waals surface area contributed by atoms with Gasteiger partial charge in [0.05, 0.1) is 12.5 Å². The number of carboxylic acids is 1. The zero-order chi connectivity index (χ0) is 14.3. The molecule has 1 fully saturated rings. The number of unbranched alkanes of at least 4 members (excludes halogenated alkanes) is 1. The Morgan fingerprint density at radius 3 is 2.58 bits per heavy atom. The van der Waals surface area contributed by atoms with Crippen LogP contribution in [0, 0.1) is 0 Å². The molecule has 1 aliphatic heterocycles. The van der Waals surface area contributed by atoms with Gasteiger partial charge in [-0.15, -0.1) is 0 Å². The van der Waals surface area contributed by atoms with Gasteiger partial charge in [-0.25, -0.2) is 0 Å². The molecule has 1 heterocycles. The first-order chi connectivity index (χ1) is 9.02. The Morgan fingerprint density at radius 1 is 1.42 bits per heavy atom. The molecule has 1 amide bonds. The normalized spacial score (nSPS) is 19.1. The number of carbonyl (C=O) groups is 2. The highest BCUT2D eigenvalue weighted by Crippen LogP contribution is 2.11. The molecule has 1 atom stereocenters. The summed E-state index contributed by atoms with van der Waals surface area (Å²) in [5, 5.41) is 11.4. The lowest BCUT2D eigenvalue weighted by Crippen LogP contribution is -2.50. The zero-order valence-corrected chi connectivity index (χ0v) is 11.6. The number of piperidine rings is 1. The molecule has 4 N–H and O–H groups in total. The van der Waals surface area contributed by atoms with Crippen molar-refractivity contribution in [3.05, 3.63) is 0 Å². The SMILES string of the molecule is CCCCN1CCC(NC(=O)C(N)CC(=O)O)CC1. The van der Waals surface area contributed by atoms with Gasteiger partial charge >= 0.3 is 5.97 Å². The molecule has 1 saturated heterocycles. The number of aliphatic carboxylic acids is 1. The van der Waals surface area contributed by atoms with Crippen molar-refractivity contribution < 1.29 is 14.7 Å². The lowest BCUT2D eigenvalue weighted by atomic mass is 10.0. The van der Waals surface area contributed by atoms with Crippen LogP contribution in [0.25, 0.3) is 0 Å². The van der Waals surface area contributed by atoms with Crippen molar-refractivity contribution in [1.29, 1.82) is 0 Å². The van der Waals surface area contributed by atoms with Crippen molar-refractivity contribution in [2.45, 2.75) is 51.1 Å². The molecule has 1 unspecified atom stereocenters. The van der Waals surface area contributed by atoms with Gasteiger partial charge in [0.1, 0.15) is 0 Å². The first-order valence-corrected chi connectivity index (χ1v) is 7.03. The number of nitrogens with zero attached hydrogens (tertiary/aromatic N) is 1. The third-order valence-electron chi connectivity index (χ3n) is 3.49. The van der Waals surface area contributed by atoms with Crippen molar-refractivity contribution in [3.8, 4) is 0 Å². The van der Waals surface area contributed by atoms with Crippen LogP contribution in [0.3, 0.4) is 0 Å². The first-order valence-electron chi connectivity index (χ1n) is 7.03. The number of carbonyl (C=O) groups excluding carboxylic acids is 1.